The SMILES string of the molecule is Cn1c2c(c(=O)n(C)c1=O)[C@](NS(=O)(=O)c1ccc(NC(=O)Nc3cccc(Cl)c3)cc1)(C(F)(F)F)C(=O)N2. The average Bonchev–Trinajstić information content (AvgIpc) is 3.14. The van der Waals surface area contributed by atoms with E-state index in [1.54, 1.807) is 23.5 Å². The van der Waals surface area contributed by atoms with Crippen LogP contribution in [0.15, 0.2) is 63.0 Å². The molecule has 1 aliphatic heterocycles. The van der Waals surface area contributed by atoms with Gasteiger partial charge in [0, 0.05) is 30.5 Å². The summed E-state index contributed by atoms with van der Waals surface area (Å²) in [5.41, 5.74) is -7.45. The van der Waals surface area contributed by atoms with E-state index >= 15 is 0 Å². The number of sulfonamides is 1. The summed E-state index contributed by atoms with van der Waals surface area (Å²) >= 11 is 5.85. The summed E-state index contributed by atoms with van der Waals surface area (Å²) < 4.78 is 71.8. The molecule has 206 valence electrons. The van der Waals surface area contributed by atoms with Crippen molar-refractivity contribution >= 4 is 50.8 Å². The van der Waals surface area contributed by atoms with E-state index in [-0.39, 0.29) is 5.69 Å². The summed E-state index contributed by atoms with van der Waals surface area (Å²) in [6, 6.07) is 9.46. The van der Waals surface area contributed by atoms with Crippen molar-refractivity contribution in [2.75, 3.05) is 16.0 Å². The van der Waals surface area contributed by atoms with Crippen LogP contribution in [0.3, 0.4) is 0 Å². The van der Waals surface area contributed by atoms with Gasteiger partial charge in [-0.15, -0.1) is 0 Å². The smallest absolute Gasteiger partial charge is 0.309 e. The second kappa shape index (κ2) is 9.55. The Hall–Kier alpha value is -4.15. The first-order valence-corrected chi connectivity index (χ1v) is 12.6. The minimum atomic E-state index is -5.64. The molecule has 1 aliphatic rings. The number of fused-ring (bicyclic) bond motifs is 1. The number of rotatable bonds is 5. The van der Waals surface area contributed by atoms with Gasteiger partial charge in [-0.05, 0) is 42.5 Å². The minimum Gasteiger partial charge on any atom is -0.309 e. The van der Waals surface area contributed by atoms with E-state index in [0.717, 1.165) is 38.4 Å². The third kappa shape index (κ3) is 4.77. The van der Waals surface area contributed by atoms with Gasteiger partial charge in [-0.1, -0.05) is 17.7 Å². The van der Waals surface area contributed by atoms with Crippen molar-refractivity contribution in [3.8, 4) is 0 Å². The van der Waals surface area contributed by atoms with Crippen LogP contribution in [-0.4, -0.2) is 35.7 Å². The number of carbonyl (C=O) groups excluding carboxylic acids is 2. The van der Waals surface area contributed by atoms with Gasteiger partial charge in [0.15, 0.2) is 0 Å². The first-order valence-electron chi connectivity index (χ1n) is 10.7. The summed E-state index contributed by atoms with van der Waals surface area (Å²) in [4.78, 5) is 49.1. The Morgan fingerprint density at radius 3 is 2.18 bits per heavy atom. The maximum Gasteiger partial charge on any atom is 0.421 e. The number of alkyl halides is 3. The molecule has 1 atom stereocenters. The van der Waals surface area contributed by atoms with Crippen LogP contribution in [0.5, 0.6) is 0 Å². The molecule has 1 aromatic heterocycles. The Morgan fingerprint density at radius 2 is 1.59 bits per heavy atom. The molecule has 17 heteroatoms. The molecule has 0 unspecified atom stereocenters. The predicted octanol–water partition coefficient (Wildman–Crippen LogP) is 2.07. The number of aromatic nitrogens is 2. The van der Waals surface area contributed by atoms with Crippen molar-refractivity contribution in [2.45, 2.75) is 16.6 Å². The minimum absolute atomic E-state index is 0.0758. The predicted molar refractivity (Wildman–Crippen MR) is 134 cm³/mol. The molecule has 2 aromatic carbocycles. The topological polar surface area (TPSA) is 160 Å². The molecular weight excluding hydrogens is 569 g/mol. The number of hydrogen-bond donors (Lipinski definition) is 4. The van der Waals surface area contributed by atoms with Gasteiger partial charge in [0.25, 0.3) is 11.5 Å². The van der Waals surface area contributed by atoms with E-state index in [0.29, 0.717) is 19.8 Å². The number of hydrogen-bond acceptors (Lipinski definition) is 6. The molecule has 0 fully saturated rings. The molecule has 4 rings (SSSR count). The Labute approximate surface area is 222 Å². The third-order valence-electron chi connectivity index (χ3n) is 5.83. The highest BCUT2D eigenvalue weighted by molar-refractivity contribution is 7.89. The van der Waals surface area contributed by atoms with Crippen molar-refractivity contribution in [2.24, 2.45) is 14.1 Å². The fraction of sp³-hybridized carbons (Fsp3) is 0.182. The van der Waals surface area contributed by atoms with Crippen molar-refractivity contribution < 1.29 is 31.2 Å². The molecule has 2 heterocycles. The van der Waals surface area contributed by atoms with E-state index in [4.69, 9.17) is 11.6 Å². The van der Waals surface area contributed by atoms with Gasteiger partial charge in [0.1, 0.15) is 5.82 Å². The van der Waals surface area contributed by atoms with Crippen LogP contribution in [0.4, 0.5) is 35.2 Å². The molecule has 3 amide bonds. The van der Waals surface area contributed by atoms with E-state index in [9.17, 15) is 40.8 Å². The molecule has 4 N–H and O–H groups in total. The molecule has 0 saturated carbocycles. The van der Waals surface area contributed by atoms with Gasteiger partial charge in [-0.25, -0.2) is 18.0 Å². The first-order chi connectivity index (χ1) is 18.1. The van der Waals surface area contributed by atoms with Gasteiger partial charge in [-0.2, -0.15) is 17.9 Å². The number of halogens is 4. The summed E-state index contributed by atoms with van der Waals surface area (Å²) in [6.45, 7) is 0. The van der Waals surface area contributed by atoms with Crippen LogP contribution in [0, 0.1) is 0 Å². The normalized spacial score (nSPS) is 16.9. The largest absolute Gasteiger partial charge is 0.421 e. The summed E-state index contributed by atoms with van der Waals surface area (Å²) in [6.07, 6.45) is -5.64. The molecule has 39 heavy (non-hydrogen) atoms. The van der Waals surface area contributed by atoms with Crippen LogP contribution in [-0.2, 0) is 34.5 Å². The van der Waals surface area contributed by atoms with Gasteiger partial charge >= 0.3 is 17.9 Å². The molecule has 0 bridgehead atoms. The van der Waals surface area contributed by atoms with E-state index in [2.05, 4.69) is 10.6 Å². The van der Waals surface area contributed by atoms with Gasteiger partial charge in [0.05, 0.1) is 10.5 Å². The fourth-order valence-electron chi connectivity index (χ4n) is 3.91. The van der Waals surface area contributed by atoms with Gasteiger partial charge < -0.3 is 16.0 Å². The Bertz CT molecular complexity index is 1740. The Morgan fingerprint density at radius 1 is 0.974 bits per heavy atom. The summed E-state index contributed by atoms with van der Waals surface area (Å²) in [7, 11) is -3.22. The van der Waals surface area contributed by atoms with Gasteiger partial charge in [0.2, 0.25) is 15.6 Å². The number of amides is 3. The highest BCUT2D eigenvalue weighted by Gasteiger charge is 2.69. The zero-order valence-electron chi connectivity index (χ0n) is 19.9. The third-order valence-corrected chi connectivity index (χ3v) is 7.53. The van der Waals surface area contributed by atoms with E-state index in [1.165, 1.54) is 10.8 Å². The number of urea groups is 1. The lowest BCUT2D eigenvalue weighted by atomic mass is 9.93. The lowest BCUT2D eigenvalue weighted by Crippen LogP contribution is -2.62. The second-order valence-corrected chi connectivity index (χ2v) is 10.5. The second-order valence-electron chi connectivity index (χ2n) is 8.35. The van der Waals surface area contributed by atoms with Crippen molar-refractivity contribution in [3.05, 3.63) is 80.0 Å². The summed E-state index contributed by atoms with van der Waals surface area (Å²) in [5, 5.41) is 7.06. The van der Waals surface area contributed by atoms with E-state index < -0.39 is 61.2 Å². The zero-order valence-corrected chi connectivity index (χ0v) is 21.5. The van der Waals surface area contributed by atoms with Crippen LogP contribution in [0.2, 0.25) is 5.02 Å². The maximum atomic E-state index is 14.5. The molecule has 12 nitrogen and oxygen atoms in total. The first kappa shape index (κ1) is 27.9. The Kier molecular flexibility index (Phi) is 6.82. The highest BCUT2D eigenvalue weighted by atomic mass is 35.5. The van der Waals surface area contributed by atoms with Gasteiger partial charge in [-0.3, -0.25) is 18.7 Å². The molecule has 0 saturated heterocycles. The van der Waals surface area contributed by atoms with Crippen molar-refractivity contribution in [1.82, 2.24) is 13.9 Å². The number of carbonyl (C=O) groups is 2. The van der Waals surface area contributed by atoms with Crippen LogP contribution in [0.25, 0.3) is 0 Å². The zero-order chi connectivity index (χ0) is 28.9. The van der Waals surface area contributed by atoms with Crippen molar-refractivity contribution in [1.29, 1.82) is 0 Å². The highest BCUT2D eigenvalue weighted by Crippen LogP contribution is 2.45. The van der Waals surface area contributed by atoms with Crippen molar-refractivity contribution in [3.63, 3.8) is 0 Å². The number of nitrogens with zero attached hydrogens (tertiary/aromatic N) is 2. The monoisotopic (exact) mass is 586 g/mol. The molecule has 0 radical (unpaired) electrons. The molecule has 0 spiro atoms. The van der Waals surface area contributed by atoms with E-state index in [1.807, 2.05) is 0 Å². The number of benzene rings is 2. The van der Waals surface area contributed by atoms with Crippen LogP contribution < -0.4 is 31.9 Å². The molecule has 3 aromatic rings. The standard InChI is InChI=1S/C22H18ClF3N6O6S/c1-31-16-15(17(33)32(2)20(31)36)21(18(34)29-16,22(24,25)26)30-39(37,38)14-8-6-12(7-9-14)27-19(35)28-13-5-3-4-11(23)10-13/h3-10,30H,1-2H3,(H,29,34)(H2,27,28,35)/t21-/m1/s1. The fourth-order valence-corrected chi connectivity index (χ4v) is 5.42. The lowest BCUT2D eigenvalue weighted by molar-refractivity contribution is -0.194. The molecular formula is C22H18ClF3N6O6S. The maximum absolute atomic E-state index is 14.5. The number of anilines is 3. The summed E-state index contributed by atoms with van der Waals surface area (Å²) in [5.74, 6) is -2.71. The van der Waals surface area contributed by atoms with Crippen LogP contribution in [0.1, 0.15) is 5.56 Å². The van der Waals surface area contributed by atoms with Crippen LogP contribution >= 0.6 is 11.6 Å². The number of nitrogens with one attached hydrogen (secondary N) is 4. The quantitative estimate of drug-likeness (QED) is 0.358. The molecule has 0 aliphatic carbocycles. The average molecular weight is 587 g/mol. The Balaban J connectivity index is 1.67. The lowest BCUT2D eigenvalue weighted by Gasteiger charge is -2.30.